The maximum Gasteiger partial charge on any atom is 0.250 e. The van der Waals surface area contributed by atoms with E-state index in [0.717, 1.165) is 16.6 Å². The van der Waals surface area contributed by atoms with Crippen LogP contribution in [0.2, 0.25) is 0 Å². The number of rotatable bonds is 6. The molecule has 0 bridgehead atoms. The van der Waals surface area contributed by atoms with Crippen LogP contribution in [-0.4, -0.2) is 26.2 Å². The summed E-state index contributed by atoms with van der Waals surface area (Å²) in [5, 5.41) is 8.95. The molecule has 0 amide bonds. The number of hydrogen-bond acceptors (Lipinski definition) is 4. The van der Waals surface area contributed by atoms with Crippen molar-refractivity contribution in [2.24, 2.45) is 5.92 Å². The van der Waals surface area contributed by atoms with Gasteiger partial charge in [0.25, 0.3) is 0 Å². The van der Waals surface area contributed by atoms with E-state index in [4.69, 9.17) is 5.11 Å². The van der Waals surface area contributed by atoms with Gasteiger partial charge in [0.05, 0.1) is 3.79 Å². The van der Waals surface area contributed by atoms with Gasteiger partial charge >= 0.3 is 0 Å². The Morgan fingerprint density at radius 1 is 1.53 bits per heavy atom. The lowest BCUT2D eigenvalue weighted by atomic mass is 10.1. The molecule has 1 aromatic rings. The van der Waals surface area contributed by atoms with Crippen molar-refractivity contribution in [1.82, 2.24) is 4.72 Å². The zero-order valence-electron chi connectivity index (χ0n) is 9.10. The molecule has 1 aliphatic rings. The van der Waals surface area contributed by atoms with E-state index in [1.165, 1.54) is 11.3 Å². The largest absolute Gasteiger partial charge is 0.396 e. The summed E-state index contributed by atoms with van der Waals surface area (Å²) >= 11 is 4.44. The lowest BCUT2D eigenvalue weighted by Crippen LogP contribution is -2.36. The molecule has 1 aromatic heterocycles. The van der Waals surface area contributed by atoms with Gasteiger partial charge in [0, 0.05) is 12.6 Å². The van der Waals surface area contributed by atoms with Crippen LogP contribution in [0.15, 0.2) is 20.1 Å². The minimum Gasteiger partial charge on any atom is -0.396 e. The van der Waals surface area contributed by atoms with Gasteiger partial charge < -0.3 is 5.11 Å². The van der Waals surface area contributed by atoms with E-state index in [9.17, 15) is 8.42 Å². The molecule has 0 saturated heterocycles. The molecule has 1 heterocycles. The number of aliphatic hydroxyl groups is 1. The average molecular weight is 340 g/mol. The molecule has 1 atom stereocenters. The molecule has 1 saturated carbocycles. The van der Waals surface area contributed by atoms with Gasteiger partial charge in [-0.3, -0.25) is 0 Å². The minimum absolute atomic E-state index is 0.0117. The van der Waals surface area contributed by atoms with Crippen LogP contribution in [0, 0.1) is 5.92 Å². The van der Waals surface area contributed by atoms with Gasteiger partial charge in [-0.15, -0.1) is 11.3 Å². The summed E-state index contributed by atoms with van der Waals surface area (Å²) in [5.41, 5.74) is 0. The zero-order chi connectivity index (χ0) is 12.5. The van der Waals surface area contributed by atoms with Gasteiger partial charge in [-0.2, -0.15) is 0 Å². The first-order valence-corrected chi connectivity index (χ1v) is 8.51. The molecule has 2 rings (SSSR count). The summed E-state index contributed by atoms with van der Waals surface area (Å²) < 4.78 is 27.9. The standard InChI is InChI=1S/C10H14BrNO3S2/c11-9-3-4-10(16-9)17(14,15)12-8(5-6-13)7-1-2-7/h3-4,7-8,12-13H,1-2,5-6H2. The normalized spacial score (nSPS) is 18.2. The van der Waals surface area contributed by atoms with Crippen molar-refractivity contribution < 1.29 is 13.5 Å². The minimum atomic E-state index is -3.44. The van der Waals surface area contributed by atoms with Crippen LogP contribution in [0.3, 0.4) is 0 Å². The van der Waals surface area contributed by atoms with Crippen LogP contribution in [0.1, 0.15) is 19.3 Å². The highest BCUT2D eigenvalue weighted by Gasteiger charge is 2.34. The van der Waals surface area contributed by atoms with Gasteiger partial charge in [-0.05, 0) is 53.2 Å². The maximum absolute atomic E-state index is 12.1. The third-order valence-corrected chi connectivity index (χ3v) is 6.36. The summed E-state index contributed by atoms with van der Waals surface area (Å²) in [7, 11) is -3.44. The van der Waals surface area contributed by atoms with Crippen LogP contribution in [0.25, 0.3) is 0 Å². The Morgan fingerprint density at radius 2 is 2.24 bits per heavy atom. The van der Waals surface area contributed by atoms with Gasteiger partial charge in [0.1, 0.15) is 4.21 Å². The van der Waals surface area contributed by atoms with Crippen molar-refractivity contribution in [2.45, 2.75) is 29.5 Å². The summed E-state index contributed by atoms with van der Waals surface area (Å²) in [4.78, 5) is 0. The summed E-state index contributed by atoms with van der Waals surface area (Å²) in [6.45, 7) is 0.0117. The van der Waals surface area contributed by atoms with Gasteiger partial charge in [-0.25, -0.2) is 13.1 Å². The highest BCUT2D eigenvalue weighted by atomic mass is 79.9. The van der Waals surface area contributed by atoms with Crippen LogP contribution >= 0.6 is 27.3 Å². The molecule has 2 N–H and O–H groups in total. The molecule has 1 unspecified atom stereocenters. The first-order valence-electron chi connectivity index (χ1n) is 5.41. The smallest absolute Gasteiger partial charge is 0.250 e. The number of hydrogen-bond donors (Lipinski definition) is 2. The van der Waals surface area contributed by atoms with Gasteiger partial charge in [-0.1, -0.05) is 0 Å². The molecule has 0 aromatic carbocycles. The number of nitrogens with one attached hydrogen (secondary N) is 1. The number of sulfonamides is 1. The Hall–Kier alpha value is 0.0500. The van der Waals surface area contributed by atoms with E-state index in [2.05, 4.69) is 20.7 Å². The van der Waals surface area contributed by atoms with Crippen molar-refractivity contribution >= 4 is 37.3 Å². The molecule has 1 aliphatic carbocycles. The lowest BCUT2D eigenvalue weighted by Gasteiger charge is -2.16. The average Bonchev–Trinajstić information content (AvgIpc) is 3.00. The molecule has 7 heteroatoms. The van der Waals surface area contributed by atoms with E-state index < -0.39 is 10.0 Å². The highest BCUT2D eigenvalue weighted by Crippen LogP contribution is 2.35. The van der Waals surface area contributed by atoms with E-state index in [1.54, 1.807) is 12.1 Å². The molecule has 1 fully saturated rings. The van der Waals surface area contributed by atoms with Crippen molar-refractivity contribution in [2.75, 3.05) is 6.61 Å². The molecule has 17 heavy (non-hydrogen) atoms. The summed E-state index contributed by atoms with van der Waals surface area (Å²) in [6, 6.07) is 3.17. The lowest BCUT2D eigenvalue weighted by molar-refractivity contribution is 0.265. The third kappa shape index (κ3) is 3.51. The van der Waals surface area contributed by atoms with E-state index in [-0.39, 0.29) is 12.6 Å². The quantitative estimate of drug-likeness (QED) is 0.832. The monoisotopic (exact) mass is 339 g/mol. The van der Waals surface area contributed by atoms with Crippen LogP contribution in [0.5, 0.6) is 0 Å². The van der Waals surface area contributed by atoms with Crippen molar-refractivity contribution in [3.05, 3.63) is 15.9 Å². The van der Waals surface area contributed by atoms with Gasteiger partial charge in [0.15, 0.2) is 0 Å². The van der Waals surface area contributed by atoms with Crippen LogP contribution in [-0.2, 0) is 10.0 Å². The third-order valence-electron chi connectivity index (χ3n) is 2.75. The molecule has 0 aliphatic heterocycles. The first kappa shape index (κ1) is 13.5. The SMILES string of the molecule is O=S(=O)(NC(CCO)C1CC1)c1ccc(Br)s1. The Labute approximate surface area is 113 Å². The Bertz CT molecular complexity index is 481. The first-order chi connectivity index (χ1) is 8.03. The zero-order valence-corrected chi connectivity index (χ0v) is 12.3. The molecule has 4 nitrogen and oxygen atoms in total. The van der Waals surface area contributed by atoms with E-state index in [1.807, 2.05) is 0 Å². The second-order valence-corrected chi connectivity index (χ2v) is 8.54. The van der Waals surface area contributed by atoms with Crippen molar-refractivity contribution in [1.29, 1.82) is 0 Å². The second kappa shape index (κ2) is 5.36. The Balaban J connectivity index is 2.10. The van der Waals surface area contributed by atoms with Crippen molar-refractivity contribution in [3.63, 3.8) is 0 Å². The topological polar surface area (TPSA) is 66.4 Å². The fourth-order valence-electron chi connectivity index (χ4n) is 1.73. The second-order valence-electron chi connectivity index (χ2n) is 4.14. The number of thiophene rings is 1. The summed E-state index contributed by atoms with van der Waals surface area (Å²) in [6.07, 6.45) is 2.57. The molecule has 96 valence electrons. The fourth-order valence-corrected chi connectivity index (χ4v) is 5.09. The number of aliphatic hydroxyl groups excluding tert-OH is 1. The molecular formula is C10H14BrNO3S2. The van der Waals surface area contributed by atoms with Crippen molar-refractivity contribution in [3.8, 4) is 0 Å². The molecule has 0 spiro atoms. The molecule has 0 radical (unpaired) electrons. The van der Waals surface area contributed by atoms with Crippen LogP contribution < -0.4 is 4.72 Å². The van der Waals surface area contributed by atoms with Crippen LogP contribution in [0.4, 0.5) is 0 Å². The maximum atomic E-state index is 12.1. The highest BCUT2D eigenvalue weighted by molar-refractivity contribution is 9.11. The predicted octanol–water partition coefficient (Wildman–Crippen LogP) is 1.95. The predicted molar refractivity (Wildman–Crippen MR) is 70.6 cm³/mol. The fraction of sp³-hybridized carbons (Fsp3) is 0.600. The Morgan fingerprint density at radius 3 is 2.71 bits per heavy atom. The number of halogens is 1. The van der Waals surface area contributed by atoms with E-state index in [0.29, 0.717) is 16.5 Å². The van der Waals surface area contributed by atoms with Gasteiger partial charge in [0.2, 0.25) is 10.0 Å². The summed E-state index contributed by atoms with van der Waals surface area (Å²) in [5.74, 6) is 0.389. The Kier molecular flexibility index (Phi) is 4.25. The van der Waals surface area contributed by atoms with E-state index >= 15 is 0 Å². The molecular weight excluding hydrogens is 326 g/mol.